The maximum absolute atomic E-state index is 13.7. The first-order valence-corrected chi connectivity index (χ1v) is 5.24. The van der Waals surface area contributed by atoms with Gasteiger partial charge in [0.05, 0.1) is 0 Å². The second-order valence-electron chi connectivity index (χ2n) is 3.07. The Morgan fingerprint density at radius 1 is 1.25 bits per heavy atom. The molecular weight excluding hydrogens is 234 g/mol. The van der Waals surface area contributed by atoms with Crippen molar-refractivity contribution in [1.82, 2.24) is 0 Å². The van der Waals surface area contributed by atoms with Gasteiger partial charge >= 0.3 is 5.97 Å². The van der Waals surface area contributed by atoms with Crippen LogP contribution in [0.3, 0.4) is 0 Å². The van der Waals surface area contributed by atoms with Crippen LogP contribution >= 0.6 is 11.3 Å². The number of carboxylic acids is 1. The van der Waals surface area contributed by atoms with E-state index >= 15 is 0 Å². The summed E-state index contributed by atoms with van der Waals surface area (Å²) in [5.41, 5.74) is -0.806. The molecular formula is C11H6F2O2S. The molecule has 2 aromatic rings. The zero-order chi connectivity index (χ0) is 11.7. The van der Waals surface area contributed by atoms with Crippen molar-refractivity contribution in [2.45, 2.75) is 0 Å². The average molecular weight is 240 g/mol. The molecule has 16 heavy (non-hydrogen) atoms. The van der Waals surface area contributed by atoms with E-state index in [2.05, 4.69) is 0 Å². The molecule has 0 spiro atoms. The maximum Gasteiger partial charge on any atom is 0.341 e. The predicted molar refractivity (Wildman–Crippen MR) is 56.6 cm³/mol. The van der Waals surface area contributed by atoms with Crippen molar-refractivity contribution in [1.29, 1.82) is 0 Å². The molecule has 0 atom stereocenters. The first-order valence-electron chi connectivity index (χ1n) is 4.36. The molecule has 0 unspecified atom stereocenters. The molecule has 0 saturated carbocycles. The van der Waals surface area contributed by atoms with Crippen molar-refractivity contribution in [2.75, 3.05) is 0 Å². The van der Waals surface area contributed by atoms with Crippen LogP contribution in [0.4, 0.5) is 8.78 Å². The third kappa shape index (κ3) is 1.69. The highest BCUT2D eigenvalue weighted by atomic mass is 32.1. The lowest BCUT2D eigenvalue weighted by Crippen LogP contribution is -2.05. The topological polar surface area (TPSA) is 37.3 Å². The summed E-state index contributed by atoms with van der Waals surface area (Å²) < 4.78 is 26.8. The van der Waals surface area contributed by atoms with Gasteiger partial charge in [0.1, 0.15) is 17.2 Å². The third-order valence-electron chi connectivity index (χ3n) is 2.09. The number of halogens is 2. The van der Waals surface area contributed by atoms with Gasteiger partial charge in [0.2, 0.25) is 0 Å². The van der Waals surface area contributed by atoms with Gasteiger partial charge < -0.3 is 5.11 Å². The van der Waals surface area contributed by atoms with Gasteiger partial charge in [0.25, 0.3) is 0 Å². The molecule has 0 radical (unpaired) electrons. The van der Waals surface area contributed by atoms with Gasteiger partial charge in [0, 0.05) is 10.4 Å². The molecule has 82 valence electrons. The molecule has 0 aliphatic heterocycles. The third-order valence-corrected chi connectivity index (χ3v) is 2.99. The van der Waals surface area contributed by atoms with Crippen molar-refractivity contribution in [3.05, 3.63) is 46.8 Å². The van der Waals surface area contributed by atoms with E-state index in [1.165, 1.54) is 17.4 Å². The van der Waals surface area contributed by atoms with Crippen LogP contribution in [0.2, 0.25) is 0 Å². The van der Waals surface area contributed by atoms with E-state index in [4.69, 9.17) is 5.11 Å². The van der Waals surface area contributed by atoms with Crippen molar-refractivity contribution in [3.8, 4) is 10.4 Å². The van der Waals surface area contributed by atoms with Gasteiger partial charge in [-0.05, 0) is 23.6 Å². The zero-order valence-electron chi connectivity index (χ0n) is 7.91. The lowest BCUT2D eigenvalue weighted by molar-refractivity contribution is 0.0686. The Bertz CT molecular complexity index is 535. The molecule has 5 heteroatoms. The van der Waals surface area contributed by atoms with E-state index in [1.807, 2.05) is 0 Å². The first kappa shape index (κ1) is 10.8. The van der Waals surface area contributed by atoms with Crippen molar-refractivity contribution in [2.24, 2.45) is 0 Å². The molecule has 1 N–H and O–H groups in total. The summed E-state index contributed by atoms with van der Waals surface area (Å²) in [5.74, 6) is -3.70. The van der Waals surface area contributed by atoms with Gasteiger partial charge in [-0.3, -0.25) is 0 Å². The van der Waals surface area contributed by atoms with Gasteiger partial charge in [-0.25, -0.2) is 13.6 Å². The second kappa shape index (κ2) is 4.02. The summed E-state index contributed by atoms with van der Waals surface area (Å²) in [5, 5.41) is 10.4. The number of carboxylic acid groups (broad SMARTS) is 1. The predicted octanol–water partition coefficient (Wildman–Crippen LogP) is 3.39. The molecule has 2 rings (SSSR count). The molecule has 0 aliphatic rings. The fourth-order valence-corrected chi connectivity index (χ4v) is 2.12. The molecule has 1 aromatic heterocycles. The van der Waals surface area contributed by atoms with Crippen molar-refractivity contribution < 1.29 is 18.7 Å². The molecule has 2 nitrogen and oxygen atoms in total. The number of hydrogen-bond donors (Lipinski definition) is 1. The van der Waals surface area contributed by atoms with Crippen LogP contribution in [0.15, 0.2) is 29.6 Å². The fraction of sp³-hybridized carbons (Fsp3) is 0. The molecule has 0 saturated heterocycles. The van der Waals surface area contributed by atoms with E-state index in [0.717, 1.165) is 6.07 Å². The second-order valence-corrected chi connectivity index (χ2v) is 4.01. The summed E-state index contributed by atoms with van der Waals surface area (Å²) in [6.07, 6.45) is 0. The lowest BCUT2D eigenvalue weighted by Gasteiger charge is -2.04. The summed E-state index contributed by atoms with van der Waals surface area (Å²) in [7, 11) is 0. The van der Waals surface area contributed by atoms with E-state index in [9.17, 15) is 13.6 Å². The van der Waals surface area contributed by atoms with Crippen LogP contribution in [0.1, 0.15) is 10.4 Å². The number of benzene rings is 1. The number of hydrogen-bond acceptors (Lipinski definition) is 2. The Morgan fingerprint density at radius 2 is 2.00 bits per heavy atom. The number of rotatable bonds is 2. The van der Waals surface area contributed by atoms with Crippen LogP contribution in [0.5, 0.6) is 0 Å². The van der Waals surface area contributed by atoms with E-state index in [-0.39, 0.29) is 5.56 Å². The number of thiophene rings is 1. The minimum Gasteiger partial charge on any atom is -0.477 e. The Morgan fingerprint density at radius 3 is 2.56 bits per heavy atom. The van der Waals surface area contributed by atoms with E-state index in [0.29, 0.717) is 4.88 Å². The van der Waals surface area contributed by atoms with Crippen LogP contribution in [-0.2, 0) is 0 Å². The van der Waals surface area contributed by atoms with Crippen molar-refractivity contribution in [3.63, 3.8) is 0 Å². The molecule has 0 fully saturated rings. The Labute approximate surface area is 93.8 Å². The largest absolute Gasteiger partial charge is 0.477 e. The number of aromatic carboxylic acids is 1. The summed E-state index contributed by atoms with van der Waals surface area (Å²) in [6, 6.07) is 5.56. The SMILES string of the molecule is O=C(O)c1c(F)ccc(-c2cccs2)c1F. The zero-order valence-corrected chi connectivity index (χ0v) is 8.72. The smallest absolute Gasteiger partial charge is 0.341 e. The van der Waals surface area contributed by atoms with Crippen LogP contribution in [0, 0.1) is 11.6 Å². The average Bonchev–Trinajstić information content (AvgIpc) is 2.70. The maximum atomic E-state index is 13.7. The normalized spacial score (nSPS) is 10.4. The number of carbonyl (C=O) groups is 1. The van der Waals surface area contributed by atoms with E-state index < -0.39 is 23.2 Å². The van der Waals surface area contributed by atoms with Crippen LogP contribution in [0.25, 0.3) is 10.4 Å². The van der Waals surface area contributed by atoms with Crippen molar-refractivity contribution >= 4 is 17.3 Å². The highest BCUT2D eigenvalue weighted by Crippen LogP contribution is 2.29. The van der Waals surface area contributed by atoms with Gasteiger partial charge in [-0.2, -0.15) is 0 Å². The van der Waals surface area contributed by atoms with Crippen LogP contribution < -0.4 is 0 Å². The van der Waals surface area contributed by atoms with Gasteiger partial charge in [-0.15, -0.1) is 11.3 Å². The van der Waals surface area contributed by atoms with Gasteiger partial charge in [-0.1, -0.05) is 6.07 Å². The molecule has 0 bridgehead atoms. The summed E-state index contributed by atoms with van der Waals surface area (Å²) in [4.78, 5) is 11.3. The highest BCUT2D eigenvalue weighted by molar-refractivity contribution is 7.13. The van der Waals surface area contributed by atoms with Gasteiger partial charge in [0.15, 0.2) is 0 Å². The quantitative estimate of drug-likeness (QED) is 0.873. The minimum absolute atomic E-state index is 0.105. The molecule has 0 amide bonds. The van der Waals surface area contributed by atoms with E-state index in [1.54, 1.807) is 17.5 Å². The monoisotopic (exact) mass is 240 g/mol. The minimum atomic E-state index is -1.60. The Hall–Kier alpha value is -1.75. The Kier molecular flexibility index (Phi) is 2.70. The summed E-state index contributed by atoms with van der Waals surface area (Å²) >= 11 is 1.26. The fourth-order valence-electron chi connectivity index (χ4n) is 1.37. The molecule has 1 heterocycles. The molecule has 0 aliphatic carbocycles. The van der Waals surface area contributed by atoms with Crippen LogP contribution in [-0.4, -0.2) is 11.1 Å². The highest BCUT2D eigenvalue weighted by Gasteiger charge is 2.20. The lowest BCUT2D eigenvalue weighted by atomic mass is 10.1. The Balaban J connectivity index is 2.66. The standard InChI is InChI=1S/C11H6F2O2S/c12-7-4-3-6(8-2-1-5-16-8)10(13)9(7)11(14)15/h1-5H,(H,14,15). The summed E-state index contributed by atoms with van der Waals surface area (Å²) in [6.45, 7) is 0. The first-order chi connectivity index (χ1) is 7.61. The molecule has 1 aromatic carbocycles.